The van der Waals surface area contributed by atoms with E-state index in [1.54, 1.807) is 50.7 Å². The number of likely N-dealkylation sites (N-methyl/N-ethyl adjacent to an activating group) is 1. The minimum Gasteiger partial charge on any atom is -0.493 e. The van der Waals surface area contributed by atoms with E-state index >= 15 is 0 Å². The number of anilines is 1. The molecule has 0 radical (unpaired) electrons. The Labute approximate surface area is 188 Å². The minimum absolute atomic E-state index is 0.230. The molecule has 2 N–H and O–H groups in total. The van der Waals surface area contributed by atoms with E-state index in [-0.39, 0.29) is 6.03 Å². The van der Waals surface area contributed by atoms with E-state index < -0.39 is 0 Å². The van der Waals surface area contributed by atoms with Crippen molar-refractivity contribution >= 4 is 22.6 Å². The Morgan fingerprint density at radius 3 is 2.31 bits per heavy atom. The third-order valence-electron chi connectivity index (χ3n) is 5.15. The number of pyridine rings is 1. The number of carbonyl (C=O) groups is 1. The standard InChI is InChI=1S/C24H30N4O4/c1-5-28(6-2)14-13-26-24(29)27-17-7-9-18(10-8-17)32-21-11-12-25-20-16-23(31-4)22(30-3)15-19(20)21/h7-12,15-16H,5-6,13-14H2,1-4H3,(H2,26,27,29). The number of aromatic nitrogens is 1. The van der Waals surface area contributed by atoms with Gasteiger partial charge in [-0.1, -0.05) is 13.8 Å². The van der Waals surface area contributed by atoms with Crippen LogP contribution in [0.25, 0.3) is 10.9 Å². The normalized spacial score (nSPS) is 10.8. The molecule has 0 saturated heterocycles. The average Bonchev–Trinajstić information content (AvgIpc) is 2.82. The van der Waals surface area contributed by atoms with Crippen molar-refractivity contribution in [2.24, 2.45) is 0 Å². The van der Waals surface area contributed by atoms with Gasteiger partial charge < -0.3 is 29.7 Å². The second-order valence-electron chi connectivity index (χ2n) is 7.07. The lowest BCUT2D eigenvalue weighted by Crippen LogP contribution is -2.36. The fourth-order valence-electron chi connectivity index (χ4n) is 3.31. The molecule has 1 aromatic heterocycles. The Bertz CT molecular complexity index is 1040. The van der Waals surface area contributed by atoms with Gasteiger partial charge in [0.05, 0.1) is 19.7 Å². The number of rotatable bonds is 10. The Balaban J connectivity index is 1.64. The van der Waals surface area contributed by atoms with Crippen molar-refractivity contribution in [1.82, 2.24) is 15.2 Å². The highest BCUT2D eigenvalue weighted by atomic mass is 16.5. The fourth-order valence-corrected chi connectivity index (χ4v) is 3.31. The van der Waals surface area contributed by atoms with E-state index in [0.717, 1.165) is 30.5 Å². The van der Waals surface area contributed by atoms with Crippen LogP contribution in [-0.2, 0) is 0 Å². The Morgan fingerprint density at radius 2 is 1.66 bits per heavy atom. The number of benzene rings is 2. The topological polar surface area (TPSA) is 85.0 Å². The van der Waals surface area contributed by atoms with E-state index in [4.69, 9.17) is 14.2 Å². The van der Waals surface area contributed by atoms with Crippen LogP contribution in [0.4, 0.5) is 10.5 Å². The average molecular weight is 439 g/mol. The van der Waals surface area contributed by atoms with E-state index in [0.29, 0.717) is 35.2 Å². The largest absolute Gasteiger partial charge is 0.493 e. The minimum atomic E-state index is -0.230. The lowest BCUT2D eigenvalue weighted by atomic mass is 10.2. The first-order chi connectivity index (χ1) is 15.6. The van der Waals surface area contributed by atoms with Gasteiger partial charge in [-0.3, -0.25) is 4.98 Å². The summed E-state index contributed by atoms with van der Waals surface area (Å²) >= 11 is 0. The molecule has 32 heavy (non-hydrogen) atoms. The molecule has 0 fully saturated rings. The number of nitrogens with one attached hydrogen (secondary N) is 2. The monoisotopic (exact) mass is 438 g/mol. The van der Waals surface area contributed by atoms with Gasteiger partial charge in [0, 0.05) is 36.4 Å². The van der Waals surface area contributed by atoms with Crippen molar-refractivity contribution in [3.63, 3.8) is 0 Å². The lowest BCUT2D eigenvalue weighted by molar-refractivity contribution is 0.248. The van der Waals surface area contributed by atoms with Crippen LogP contribution in [0.5, 0.6) is 23.0 Å². The van der Waals surface area contributed by atoms with Gasteiger partial charge in [0.1, 0.15) is 11.5 Å². The molecular weight excluding hydrogens is 408 g/mol. The summed E-state index contributed by atoms with van der Waals surface area (Å²) < 4.78 is 16.8. The number of amides is 2. The highest BCUT2D eigenvalue weighted by Gasteiger charge is 2.11. The third kappa shape index (κ3) is 5.79. The van der Waals surface area contributed by atoms with Crippen LogP contribution in [0, 0.1) is 0 Å². The molecule has 0 unspecified atom stereocenters. The molecule has 0 bridgehead atoms. The summed E-state index contributed by atoms with van der Waals surface area (Å²) in [5.41, 5.74) is 1.42. The van der Waals surface area contributed by atoms with Gasteiger partial charge in [0.2, 0.25) is 0 Å². The summed E-state index contributed by atoms with van der Waals surface area (Å²) in [6.07, 6.45) is 1.68. The van der Waals surface area contributed by atoms with Gasteiger partial charge in [-0.2, -0.15) is 0 Å². The van der Waals surface area contributed by atoms with Crippen LogP contribution in [0.15, 0.2) is 48.7 Å². The smallest absolute Gasteiger partial charge is 0.319 e. The lowest BCUT2D eigenvalue weighted by Gasteiger charge is -2.18. The number of ether oxygens (including phenoxy) is 3. The second kappa shape index (κ2) is 11.2. The van der Waals surface area contributed by atoms with Crippen molar-refractivity contribution < 1.29 is 19.0 Å². The maximum atomic E-state index is 12.1. The van der Waals surface area contributed by atoms with Crippen molar-refractivity contribution in [2.45, 2.75) is 13.8 Å². The number of hydrogen-bond donors (Lipinski definition) is 2. The summed E-state index contributed by atoms with van der Waals surface area (Å²) in [4.78, 5) is 18.7. The molecule has 1 heterocycles. The summed E-state index contributed by atoms with van der Waals surface area (Å²) in [6, 6.07) is 12.4. The number of methoxy groups -OCH3 is 2. The summed E-state index contributed by atoms with van der Waals surface area (Å²) in [7, 11) is 3.18. The first-order valence-corrected chi connectivity index (χ1v) is 10.6. The van der Waals surface area contributed by atoms with Crippen LogP contribution in [0.1, 0.15) is 13.8 Å². The van der Waals surface area contributed by atoms with E-state index in [1.807, 2.05) is 12.1 Å². The number of urea groups is 1. The number of carbonyl (C=O) groups excluding carboxylic acids is 1. The second-order valence-corrected chi connectivity index (χ2v) is 7.07. The molecule has 0 aliphatic heterocycles. The number of fused-ring (bicyclic) bond motifs is 1. The SMILES string of the molecule is CCN(CC)CCNC(=O)Nc1ccc(Oc2ccnc3cc(OC)c(OC)cc23)cc1. The molecule has 0 aliphatic rings. The molecule has 2 aromatic carbocycles. The third-order valence-corrected chi connectivity index (χ3v) is 5.15. The summed E-state index contributed by atoms with van der Waals surface area (Å²) in [5, 5.41) is 6.51. The van der Waals surface area contributed by atoms with Crippen LogP contribution in [0.2, 0.25) is 0 Å². The highest BCUT2D eigenvalue weighted by Crippen LogP contribution is 2.36. The molecule has 3 aromatic rings. The predicted molar refractivity (Wildman–Crippen MR) is 126 cm³/mol. The molecule has 170 valence electrons. The number of nitrogens with zero attached hydrogens (tertiary/aromatic N) is 2. The summed E-state index contributed by atoms with van der Waals surface area (Å²) in [6.45, 7) is 7.56. The van der Waals surface area contributed by atoms with Crippen LogP contribution in [-0.4, -0.2) is 56.3 Å². The maximum absolute atomic E-state index is 12.1. The van der Waals surface area contributed by atoms with Gasteiger partial charge in [-0.25, -0.2) is 4.79 Å². The molecule has 8 nitrogen and oxygen atoms in total. The number of hydrogen-bond acceptors (Lipinski definition) is 6. The van der Waals surface area contributed by atoms with Crippen molar-refractivity contribution in [3.8, 4) is 23.0 Å². The van der Waals surface area contributed by atoms with Crippen molar-refractivity contribution in [2.75, 3.05) is 45.7 Å². The van der Waals surface area contributed by atoms with Gasteiger partial charge in [0.25, 0.3) is 0 Å². The van der Waals surface area contributed by atoms with Crippen molar-refractivity contribution in [3.05, 3.63) is 48.7 Å². The Kier molecular flexibility index (Phi) is 8.10. The van der Waals surface area contributed by atoms with Gasteiger partial charge in [-0.15, -0.1) is 0 Å². The van der Waals surface area contributed by atoms with Gasteiger partial charge >= 0.3 is 6.03 Å². The zero-order valence-electron chi connectivity index (χ0n) is 19.0. The molecule has 8 heteroatoms. The van der Waals surface area contributed by atoms with Crippen LogP contribution < -0.4 is 24.8 Å². The zero-order chi connectivity index (χ0) is 22.9. The Hall–Kier alpha value is -3.52. The first-order valence-electron chi connectivity index (χ1n) is 10.6. The molecule has 0 spiro atoms. The van der Waals surface area contributed by atoms with Crippen LogP contribution >= 0.6 is 0 Å². The van der Waals surface area contributed by atoms with Gasteiger partial charge in [-0.05, 0) is 49.5 Å². The molecule has 0 saturated carbocycles. The molecule has 2 amide bonds. The fraction of sp³-hybridized carbons (Fsp3) is 0.333. The molecule has 0 aliphatic carbocycles. The molecule has 3 rings (SSSR count). The molecular formula is C24H30N4O4. The maximum Gasteiger partial charge on any atom is 0.319 e. The zero-order valence-corrected chi connectivity index (χ0v) is 19.0. The van der Waals surface area contributed by atoms with Crippen LogP contribution in [0.3, 0.4) is 0 Å². The Morgan fingerprint density at radius 1 is 0.969 bits per heavy atom. The first kappa shape index (κ1) is 23.1. The van der Waals surface area contributed by atoms with Crippen molar-refractivity contribution in [1.29, 1.82) is 0 Å². The van der Waals surface area contributed by atoms with E-state index in [1.165, 1.54) is 0 Å². The quantitative estimate of drug-likeness (QED) is 0.485. The van der Waals surface area contributed by atoms with E-state index in [9.17, 15) is 4.79 Å². The van der Waals surface area contributed by atoms with Gasteiger partial charge in [0.15, 0.2) is 11.5 Å². The van der Waals surface area contributed by atoms with E-state index in [2.05, 4.69) is 34.4 Å². The highest BCUT2D eigenvalue weighted by molar-refractivity contribution is 5.89. The molecule has 0 atom stereocenters. The predicted octanol–water partition coefficient (Wildman–Crippen LogP) is 4.51. The summed E-state index contributed by atoms with van der Waals surface area (Å²) in [5.74, 6) is 2.49.